The number of hydrogen-bond acceptors (Lipinski definition) is 6. The first kappa shape index (κ1) is 22.1. The lowest BCUT2D eigenvalue weighted by atomic mass is 10.2. The first-order valence-corrected chi connectivity index (χ1v) is 11.5. The van der Waals surface area contributed by atoms with E-state index in [1.807, 2.05) is 48.5 Å². The molecule has 7 nitrogen and oxygen atoms in total. The Morgan fingerprint density at radius 2 is 1.75 bits per heavy atom. The van der Waals surface area contributed by atoms with Gasteiger partial charge in [0.25, 0.3) is 5.91 Å². The molecule has 0 atom stereocenters. The number of amides is 2. The number of piperazine rings is 1. The maximum Gasteiger partial charge on any atom is 0.271 e. The molecule has 4 rings (SSSR count). The number of halogens is 1. The Hall–Kier alpha value is -3.10. The summed E-state index contributed by atoms with van der Waals surface area (Å²) in [6, 6.07) is 15.2. The van der Waals surface area contributed by atoms with Crippen molar-refractivity contribution in [3.8, 4) is 16.3 Å². The summed E-state index contributed by atoms with van der Waals surface area (Å²) >= 11 is 7.33. The number of anilines is 1. The number of carbonyl (C=O) groups is 2. The number of carbonyl (C=O) groups excluding carboxylic acids is 2. The van der Waals surface area contributed by atoms with Gasteiger partial charge in [-0.05, 0) is 48.5 Å². The van der Waals surface area contributed by atoms with Crippen LogP contribution in [-0.2, 0) is 4.79 Å². The third-order valence-electron chi connectivity index (χ3n) is 5.30. The summed E-state index contributed by atoms with van der Waals surface area (Å²) < 4.78 is 5.16. The van der Waals surface area contributed by atoms with E-state index in [1.54, 1.807) is 17.4 Å². The van der Waals surface area contributed by atoms with Crippen molar-refractivity contribution >= 4 is 40.4 Å². The van der Waals surface area contributed by atoms with Gasteiger partial charge in [-0.15, -0.1) is 11.3 Å². The molecule has 0 unspecified atom stereocenters. The van der Waals surface area contributed by atoms with Gasteiger partial charge >= 0.3 is 0 Å². The van der Waals surface area contributed by atoms with Crippen LogP contribution in [0.25, 0.3) is 10.6 Å². The van der Waals surface area contributed by atoms with Gasteiger partial charge < -0.3 is 19.9 Å². The molecule has 32 heavy (non-hydrogen) atoms. The van der Waals surface area contributed by atoms with E-state index in [1.165, 1.54) is 11.3 Å². The minimum atomic E-state index is -0.353. The lowest BCUT2D eigenvalue weighted by Crippen LogP contribution is -2.51. The van der Waals surface area contributed by atoms with Crippen molar-refractivity contribution in [3.05, 3.63) is 64.6 Å². The average Bonchev–Trinajstić information content (AvgIpc) is 3.33. The minimum Gasteiger partial charge on any atom is -0.497 e. The quantitative estimate of drug-likeness (QED) is 0.596. The second-order valence-corrected chi connectivity index (χ2v) is 8.59. The van der Waals surface area contributed by atoms with Gasteiger partial charge in [0, 0.05) is 47.8 Å². The van der Waals surface area contributed by atoms with Crippen LogP contribution in [0.15, 0.2) is 53.9 Å². The maximum atomic E-state index is 12.6. The number of nitrogens with zero attached hydrogens (tertiary/aromatic N) is 3. The van der Waals surface area contributed by atoms with E-state index in [2.05, 4.69) is 15.2 Å². The highest BCUT2D eigenvalue weighted by atomic mass is 35.5. The first-order chi connectivity index (χ1) is 15.5. The molecule has 0 saturated carbocycles. The van der Waals surface area contributed by atoms with Crippen molar-refractivity contribution in [3.63, 3.8) is 0 Å². The van der Waals surface area contributed by atoms with Crippen LogP contribution in [0.4, 0.5) is 5.69 Å². The maximum absolute atomic E-state index is 12.6. The lowest BCUT2D eigenvalue weighted by Gasteiger charge is -2.36. The van der Waals surface area contributed by atoms with E-state index in [0.29, 0.717) is 23.8 Å². The van der Waals surface area contributed by atoms with Crippen LogP contribution >= 0.6 is 22.9 Å². The normalized spacial score (nSPS) is 13.7. The van der Waals surface area contributed by atoms with E-state index in [0.717, 1.165) is 35.1 Å². The second-order valence-electron chi connectivity index (χ2n) is 7.29. The number of nitrogens with one attached hydrogen (secondary N) is 1. The molecule has 0 bridgehead atoms. The smallest absolute Gasteiger partial charge is 0.271 e. The topological polar surface area (TPSA) is 74.8 Å². The fourth-order valence-electron chi connectivity index (χ4n) is 3.47. The van der Waals surface area contributed by atoms with Crippen LogP contribution in [-0.4, -0.2) is 61.5 Å². The van der Waals surface area contributed by atoms with Crippen molar-refractivity contribution < 1.29 is 14.3 Å². The number of rotatable bonds is 6. The zero-order valence-electron chi connectivity index (χ0n) is 17.6. The number of benzene rings is 2. The second kappa shape index (κ2) is 10.0. The van der Waals surface area contributed by atoms with Gasteiger partial charge in [-0.3, -0.25) is 9.59 Å². The van der Waals surface area contributed by atoms with Gasteiger partial charge in [-0.2, -0.15) is 0 Å². The Labute approximate surface area is 195 Å². The Morgan fingerprint density at radius 1 is 1.06 bits per heavy atom. The molecule has 2 heterocycles. The molecule has 3 aromatic rings. The number of ether oxygens (including phenoxy) is 1. The molecule has 166 valence electrons. The number of thiazole rings is 1. The van der Waals surface area contributed by atoms with Crippen LogP contribution in [0.1, 0.15) is 10.5 Å². The van der Waals surface area contributed by atoms with Gasteiger partial charge in [0.2, 0.25) is 5.91 Å². The van der Waals surface area contributed by atoms with Gasteiger partial charge in [0.05, 0.1) is 13.7 Å². The van der Waals surface area contributed by atoms with E-state index >= 15 is 0 Å². The molecule has 1 aliphatic rings. The summed E-state index contributed by atoms with van der Waals surface area (Å²) in [5, 5.41) is 5.83. The Morgan fingerprint density at radius 3 is 2.41 bits per heavy atom. The predicted molar refractivity (Wildman–Crippen MR) is 127 cm³/mol. The Bertz CT molecular complexity index is 1080. The first-order valence-electron chi connectivity index (χ1n) is 10.2. The highest BCUT2D eigenvalue weighted by Gasteiger charge is 2.22. The van der Waals surface area contributed by atoms with Crippen molar-refractivity contribution in [2.75, 3.05) is 44.7 Å². The zero-order chi connectivity index (χ0) is 22.5. The van der Waals surface area contributed by atoms with Gasteiger partial charge in [-0.1, -0.05) is 11.6 Å². The van der Waals surface area contributed by atoms with Crippen molar-refractivity contribution in [1.29, 1.82) is 0 Å². The molecule has 0 aliphatic carbocycles. The monoisotopic (exact) mass is 470 g/mol. The largest absolute Gasteiger partial charge is 0.497 e. The SMILES string of the molecule is COc1ccc(-c2nc(C(=O)NCC(=O)N3CCN(c4ccc(Cl)cc4)CC3)cs2)cc1. The molecule has 2 aromatic carbocycles. The molecular formula is C23H23ClN4O3S. The van der Waals surface area contributed by atoms with Crippen LogP contribution in [0.3, 0.4) is 0 Å². The Kier molecular flexibility index (Phi) is 6.92. The molecule has 2 amide bonds. The summed E-state index contributed by atoms with van der Waals surface area (Å²) in [7, 11) is 1.61. The molecule has 1 N–H and O–H groups in total. The molecule has 1 aromatic heterocycles. The van der Waals surface area contributed by atoms with Crippen LogP contribution in [0, 0.1) is 0 Å². The number of hydrogen-bond donors (Lipinski definition) is 1. The average molecular weight is 471 g/mol. The summed E-state index contributed by atoms with van der Waals surface area (Å²) in [6.07, 6.45) is 0. The van der Waals surface area contributed by atoms with Crippen molar-refractivity contribution in [2.24, 2.45) is 0 Å². The Balaban J connectivity index is 1.26. The molecular weight excluding hydrogens is 448 g/mol. The number of aromatic nitrogens is 1. The van der Waals surface area contributed by atoms with Crippen LogP contribution in [0.2, 0.25) is 5.02 Å². The highest BCUT2D eigenvalue weighted by molar-refractivity contribution is 7.13. The standard InChI is InChI=1S/C23H23ClN4O3S/c1-31-19-8-2-16(3-9-19)23-26-20(15-32-23)22(30)25-14-21(29)28-12-10-27(11-13-28)18-6-4-17(24)5-7-18/h2-9,15H,10-14H2,1H3,(H,25,30). The van der Waals surface area contributed by atoms with Gasteiger partial charge in [0.15, 0.2) is 0 Å². The fourth-order valence-corrected chi connectivity index (χ4v) is 4.40. The molecule has 0 spiro atoms. The van der Waals surface area contributed by atoms with Gasteiger partial charge in [0.1, 0.15) is 16.5 Å². The molecule has 1 saturated heterocycles. The van der Waals surface area contributed by atoms with E-state index in [4.69, 9.17) is 16.3 Å². The molecule has 0 radical (unpaired) electrons. The van der Waals surface area contributed by atoms with Gasteiger partial charge in [-0.25, -0.2) is 4.98 Å². The predicted octanol–water partition coefficient (Wildman–Crippen LogP) is 3.55. The van der Waals surface area contributed by atoms with Crippen molar-refractivity contribution in [2.45, 2.75) is 0 Å². The third-order valence-corrected chi connectivity index (χ3v) is 6.44. The third kappa shape index (κ3) is 5.20. The fraction of sp³-hybridized carbons (Fsp3) is 0.261. The molecule has 1 aliphatic heterocycles. The lowest BCUT2D eigenvalue weighted by molar-refractivity contribution is -0.130. The number of methoxy groups -OCH3 is 1. The summed E-state index contributed by atoms with van der Waals surface area (Å²) in [5.41, 5.74) is 2.30. The summed E-state index contributed by atoms with van der Waals surface area (Å²) in [5.74, 6) is 0.310. The zero-order valence-corrected chi connectivity index (χ0v) is 19.2. The van der Waals surface area contributed by atoms with E-state index in [-0.39, 0.29) is 18.4 Å². The molecule has 1 fully saturated rings. The van der Waals surface area contributed by atoms with Crippen LogP contribution in [0.5, 0.6) is 5.75 Å². The van der Waals surface area contributed by atoms with E-state index in [9.17, 15) is 9.59 Å². The van der Waals surface area contributed by atoms with E-state index < -0.39 is 0 Å². The summed E-state index contributed by atoms with van der Waals surface area (Å²) in [6.45, 7) is 2.64. The minimum absolute atomic E-state index is 0.0465. The molecule has 9 heteroatoms. The summed E-state index contributed by atoms with van der Waals surface area (Å²) in [4.78, 5) is 33.4. The van der Waals surface area contributed by atoms with Crippen molar-refractivity contribution in [1.82, 2.24) is 15.2 Å². The highest BCUT2D eigenvalue weighted by Crippen LogP contribution is 2.25. The van der Waals surface area contributed by atoms with Crippen LogP contribution < -0.4 is 15.0 Å².